The van der Waals surface area contributed by atoms with E-state index < -0.39 is 0 Å². The van der Waals surface area contributed by atoms with Crippen molar-refractivity contribution in [2.75, 3.05) is 0 Å². The van der Waals surface area contributed by atoms with E-state index in [2.05, 4.69) is 0 Å². The molecule has 1 aromatic rings. The van der Waals surface area contributed by atoms with Crippen LogP contribution in [0.25, 0.3) is 16.2 Å². The van der Waals surface area contributed by atoms with Gasteiger partial charge in [-0.3, -0.25) is 14.4 Å². The van der Waals surface area contributed by atoms with Crippen LogP contribution in [0.4, 0.5) is 0 Å². The van der Waals surface area contributed by atoms with Crippen LogP contribution in [0.2, 0.25) is 0 Å². The van der Waals surface area contributed by atoms with Crippen LogP contribution < -0.4 is 0 Å². The van der Waals surface area contributed by atoms with Gasteiger partial charge in [-0.1, -0.05) is 0 Å². The highest BCUT2D eigenvalue weighted by atomic mass is 16.3. The fourth-order valence-corrected chi connectivity index (χ4v) is 0.580. The van der Waals surface area contributed by atoms with Gasteiger partial charge in [-0.05, 0) is 18.2 Å². The Hall–Kier alpha value is -3.24. The Kier molecular flexibility index (Phi) is 18.2. The van der Waals surface area contributed by atoms with Gasteiger partial charge in [0.1, 0.15) is 17.2 Å². The third kappa shape index (κ3) is 23.0. The van der Waals surface area contributed by atoms with Crippen molar-refractivity contribution in [2.24, 2.45) is 0 Å². The molecule has 0 amide bonds. The van der Waals surface area contributed by atoms with E-state index in [1.807, 2.05) is 0 Å². The SMILES string of the molecule is Oc1cc(O)cc(O)c1.[N-]=C=O.[N-]=C=O.[N-]=C=O. The van der Waals surface area contributed by atoms with Crippen LogP contribution >= 0.6 is 0 Å². The molecule has 0 saturated carbocycles. The highest BCUT2D eigenvalue weighted by molar-refractivity contribution is 5.39. The van der Waals surface area contributed by atoms with Crippen molar-refractivity contribution in [3.05, 3.63) is 34.4 Å². The lowest BCUT2D eigenvalue weighted by atomic mass is 10.3. The topological polar surface area (TPSA) is 179 Å². The van der Waals surface area contributed by atoms with Gasteiger partial charge in [0.15, 0.2) is 0 Å². The molecule has 0 aliphatic carbocycles. The normalized spacial score (nSPS) is 6.00. The first-order chi connectivity index (χ1) is 8.42. The Balaban J connectivity index is -0.000000210. The van der Waals surface area contributed by atoms with E-state index in [9.17, 15) is 0 Å². The molecule has 1 rings (SSSR count). The first-order valence-corrected chi connectivity index (χ1v) is 3.69. The van der Waals surface area contributed by atoms with Crippen molar-refractivity contribution < 1.29 is 29.7 Å². The van der Waals surface area contributed by atoms with E-state index in [0.29, 0.717) is 18.2 Å². The van der Waals surface area contributed by atoms with E-state index >= 15 is 0 Å². The molecule has 0 fully saturated rings. The van der Waals surface area contributed by atoms with Crippen LogP contribution in [0.15, 0.2) is 18.2 Å². The van der Waals surface area contributed by atoms with Gasteiger partial charge in [-0.25, -0.2) is 0 Å². The number of rotatable bonds is 0. The molecule has 0 saturated heterocycles. The van der Waals surface area contributed by atoms with Gasteiger partial charge in [0.25, 0.3) is 0 Å². The summed E-state index contributed by atoms with van der Waals surface area (Å²) in [4.78, 5) is 24.7. The molecule has 18 heavy (non-hydrogen) atoms. The predicted molar refractivity (Wildman–Crippen MR) is 58.6 cm³/mol. The van der Waals surface area contributed by atoms with E-state index in [1.54, 1.807) is 0 Å². The molecule has 9 heteroatoms. The Morgan fingerprint density at radius 2 is 0.778 bits per heavy atom. The maximum Gasteiger partial charge on any atom is 0.122 e. The number of phenolic OH excluding ortho intramolecular Hbond substituents is 3. The van der Waals surface area contributed by atoms with Gasteiger partial charge in [0.05, 0.1) is 0 Å². The Bertz CT molecular complexity index is 363. The van der Waals surface area contributed by atoms with Gasteiger partial charge in [-0.15, -0.1) is 0 Å². The Labute approximate surface area is 100 Å². The highest BCUT2D eigenvalue weighted by Crippen LogP contribution is 2.23. The predicted octanol–water partition coefficient (Wildman–Crippen LogP) is 0.478. The third-order valence-corrected chi connectivity index (χ3v) is 0.887. The zero-order valence-electron chi connectivity index (χ0n) is 8.64. The lowest BCUT2D eigenvalue weighted by Crippen LogP contribution is -1.66. The van der Waals surface area contributed by atoms with E-state index in [0.717, 1.165) is 18.2 Å². The Morgan fingerprint density at radius 3 is 0.889 bits per heavy atom. The fourth-order valence-electron chi connectivity index (χ4n) is 0.580. The summed E-state index contributed by atoms with van der Waals surface area (Å²) in [6, 6.07) is 3.42. The molecule has 0 spiro atoms. The molecule has 3 N–H and O–H groups in total. The molecule has 0 aliphatic rings. The zero-order chi connectivity index (χ0) is 15.0. The number of aromatic hydroxyl groups is 3. The molecule has 0 atom stereocenters. The maximum atomic E-state index is 8.67. The molecule has 9 nitrogen and oxygen atoms in total. The number of nitrogens with zero attached hydrogens (tertiary/aromatic N) is 3. The molecule has 0 aromatic heterocycles. The van der Waals surface area contributed by atoms with Crippen molar-refractivity contribution in [2.45, 2.75) is 0 Å². The average Bonchev–Trinajstić information content (AvgIpc) is 2.18. The number of isocyanates is 3. The van der Waals surface area contributed by atoms with E-state index in [4.69, 9.17) is 45.9 Å². The summed E-state index contributed by atoms with van der Waals surface area (Å²) in [5.41, 5.74) is 0. The van der Waals surface area contributed by atoms with Crippen molar-refractivity contribution in [3.63, 3.8) is 0 Å². The standard InChI is InChI=1S/C6H6O3.3CNO/c7-4-1-5(8)3-6(9)2-4;3*2-1-3/h1-3,7-9H;;;/q;3*-1. The summed E-state index contributed by atoms with van der Waals surface area (Å²) in [6.45, 7) is 0. The molecule has 0 aliphatic heterocycles. The minimum atomic E-state index is -0.146. The molecule has 1 aromatic carbocycles. The zero-order valence-corrected chi connectivity index (χ0v) is 8.64. The fraction of sp³-hybridized carbons (Fsp3) is 0. The van der Waals surface area contributed by atoms with Crippen LogP contribution in [-0.2, 0) is 14.4 Å². The molecule has 0 radical (unpaired) electrons. The number of hydrogen-bond acceptors (Lipinski definition) is 6. The number of carbonyl (C=O) groups excluding carboxylic acids is 3. The second-order valence-corrected chi connectivity index (χ2v) is 1.98. The van der Waals surface area contributed by atoms with Crippen LogP contribution in [-0.4, -0.2) is 33.6 Å². The van der Waals surface area contributed by atoms with E-state index in [1.165, 1.54) is 0 Å². The van der Waals surface area contributed by atoms with Crippen molar-refractivity contribution >= 4 is 18.2 Å². The summed E-state index contributed by atoms with van der Waals surface area (Å²) in [5, 5.41) is 46.3. The molecule has 0 heterocycles. The molecule has 96 valence electrons. The second kappa shape index (κ2) is 16.2. The monoisotopic (exact) mass is 252 g/mol. The number of hydrogen-bond donors (Lipinski definition) is 3. The van der Waals surface area contributed by atoms with Crippen LogP contribution in [0.5, 0.6) is 17.2 Å². The maximum absolute atomic E-state index is 8.67. The quantitative estimate of drug-likeness (QED) is 0.445. The summed E-state index contributed by atoms with van der Waals surface area (Å²) in [6.07, 6.45) is 1.50. The first kappa shape index (κ1) is 20.2. The molecule has 0 unspecified atom stereocenters. The summed E-state index contributed by atoms with van der Waals surface area (Å²) in [7, 11) is 0. The largest absolute Gasteiger partial charge is 0.724 e. The van der Waals surface area contributed by atoms with Crippen LogP contribution in [0, 0.1) is 0 Å². The van der Waals surface area contributed by atoms with Gasteiger partial charge in [-0.2, -0.15) is 0 Å². The number of benzene rings is 1. The van der Waals surface area contributed by atoms with Crippen molar-refractivity contribution in [1.82, 2.24) is 0 Å². The lowest BCUT2D eigenvalue weighted by Gasteiger charge is -1.94. The minimum Gasteiger partial charge on any atom is -0.724 e. The highest BCUT2D eigenvalue weighted by Gasteiger charge is 1.94. The second-order valence-electron chi connectivity index (χ2n) is 1.98. The molecular weight excluding hydrogens is 246 g/mol. The van der Waals surface area contributed by atoms with Crippen molar-refractivity contribution in [1.29, 1.82) is 0 Å². The Morgan fingerprint density at radius 1 is 0.667 bits per heavy atom. The van der Waals surface area contributed by atoms with Gasteiger partial charge < -0.3 is 31.5 Å². The smallest absolute Gasteiger partial charge is 0.122 e. The summed E-state index contributed by atoms with van der Waals surface area (Å²) < 4.78 is 0. The minimum absolute atomic E-state index is 0.146. The van der Waals surface area contributed by atoms with Gasteiger partial charge in [0, 0.05) is 18.2 Å². The van der Waals surface area contributed by atoms with Gasteiger partial charge >= 0.3 is 0 Å². The van der Waals surface area contributed by atoms with Crippen LogP contribution in [0.1, 0.15) is 0 Å². The number of phenols is 3. The summed E-state index contributed by atoms with van der Waals surface area (Å²) in [5.74, 6) is -0.437. The van der Waals surface area contributed by atoms with Gasteiger partial charge in [0.2, 0.25) is 0 Å². The average molecular weight is 252 g/mol. The molecular formula is C9H6N3O6-3. The van der Waals surface area contributed by atoms with E-state index in [-0.39, 0.29) is 17.2 Å². The third-order valence-electron chi connectivity index (χ3n) is 0.887. The molecule has 0 bridgehead atoms. The summed E-state index contributed by atoms with van der Waals surface area (Å²) >= 11 is 0. The van der Waals surface area contributed by atoms with Crippen molar-refractivity contribution in [3.8, 4) is 17.2 Å². The first-order valence-electron chi connectivity index (χ1n) is 3.69. The lowest BCUT2D eigenvalue weighted by molar-refractivity contribution is 0.428. The van der Waals surface area contributed by atoms with Crippen LogP contribution in [0.3, 0.4) is 0 Å².